The number of hydrogen-bond acceptors (Lipinski definition) is 7. The van der Waals surface area contributed by atoms with E-state index in [1.165, 1.54) is 11.3 Å². The predicted octanol–water partition coefficient (Wildman–Crippen LogP) is 3.07. The summed E-state index contributed by atoms with van der Waals surface area (Å²) in [6.07, 6.45) is 6.71. The normalized spacial score (nSPS) is 15.2. The molecule has 1 fully saturated rings. The van der Waals surface area contributed by atoms with Crippen molar-refractivity contribution in [1.29, 1.82) is 0 Å². The number of amides is 3. The second-order valence-electron chi connectivity index (χ2n) is 8.16. The van der Waals surface area contributed by atoms with E-state index in [1.54, 1.807) is 16.5 Å². The Bertz CT molecular complexity index is 975. The Hall–Kier alpha value is -3.14. The lowest BCUT2D eigenvalue weighted by Gasteiger charge is -2.34. The van der Waals surface area contributed by atoms with Crippen LogP contribution in [0.5, 0.6) is 11.5 Å². The van der Waals surface area contributed by atoms with E-state index in [1.807, 2.05) is 18.2 Å². The Morgan fingerprint density at radius 2 is 1.88 bits per heavy atom. The highest BCUT2D eigenvalue weighted by Gasteiger charge is 2.27. The number of nitrogens with zero attached hydrogens (tertiary/aromatic N) is 2. The molecule has 0 radical (unpaired) electrons. The minimum atomic E-state index is -0.255. The molecule has 1 saturated carbocycles. The Balaban J connectivity index is 1.30. The molecule has 2 aliphatic rings. The van der Waals surface area contributed by atoms with Gasteiger partial charge in [-0.2, -0.15) is 0 Å². The van der Waals surface area contributed by atoms with Gasteiger partial charge in [0.05, 0.1) is 6.54 Å². The molecule has 33 heavy (non-hydrogen) atoms. The molecule has 1 aromatic heterocycles. The zero-order valence-corrected chi connectivity index (χ0v) is 19.2. The van der Waals surface area contributed by atoms with Crippen LogP contribution in [-0.4, -0.2) is 47.0 Å². The first-order chi connectivity index (χ1) is 16.1. The fourth-order valence-corrected chi connectivity index (χ4v) is 4.65. The number of rotatable bonds is 9. The minimum absolute atomic E-state index is 0.0118. The Labute approximate surface area is 196 Å². The largest absolute Gasteiger partial charge is 0.454 e. The van der Waals surface area contributed by atoms with Gasteiger partial charge < -0.3 is 25.0 Å². The first-order valence-electron chi connectivity index (χ1n) is 11.2. The van der Waals surface area contributed by atoms with Crippen molar-refractivity contribution in [2.24, 2.45) is 0 Å². The highest BCUT2D eigenvalue weighted by atomic mass is 32.1. The van der Waals surface area contributed by atoms with Gasteiger partial charge in [0.2, 0.25) is 24.5 Å². The number of nitrogens with one attached hydrogen (secondary N) is 2. The molecule has 10 heteroatoms. The molecule has 0 saturated heterocycles. The maximum Gasteiger partial charge on any atom is 0.239 e. The standard InChI is InChI=1S/C23H28N4O5S/c28-20(26-23-24-10-11-33-23)8-9-22(30)27(17-4-2-1-3-5-17)14-21(29)25-13-16-6-7-18-19(12-16)32-15-31-18/h6-7,10-12,17H,1-5,8-9,13-15H2,(H,25,29)(H,24,26,28). The highest BCUT2D eigenvalue weighted by molar-refractivity contribution is 7.13. The fraction of sp³-hybridized carbons (Fsp3) is 0.478. The van der Waals surface area contributed by atoms with E-state index in [0.29, 0.717) is 23.2 Å². The van der Waals surface area contributed by atoms with E-state index in [-0.39, 0.29) is 49.9 Å². The summed E-state index contributed by atoms with van der Waals surface area (Å²) in [6.45, 7) is 0.520. The summed E-state index contributed by atoms with van der Waals surface area (Å²) in [7, 11) is 0. The van der Waals surface area contributed by atoms with Crippen molar-refractivity contribution >= 4 is 34.2 Å². The van der Waals surface area contributed by atoms with Crippen molar-refractivity contribution in [3.8, 4) is 11.5 Å². The predicted molar refractivity (Wildman–Crippen MR) is 123 cm³/mol. The van der Waals surface area contributed by atoms with Crippen LogP contribution in [0.3, 0.4) is 0 Å². The molecular formula is C23H28N4O5S. The van der Waals surface area contributed by atoms with Crippen LogP contribution in [0.15, 0.2) is 29.8 Å². The Morgan fingerprint density at radius 1 is 1.06 bits per heavy atom. The molecule has 0 bridgehead atoms. The average molecular weight is 473 g/mol. The summed E-state index contributed by atoms with van der Waals surface area (Å²) in [5.74, 6) is 0.706. The lowest BCUT2D eigenvalue weighted by molar-refractivity contribution is -0.139. The molecule has 2 heterocycles. The molecule has 1 aromatic carbocycles. The number of carbonyl (C=O) groups excluding carboxylic acids is 3. The summed E-state index contributed by atoms with van der Waals surface area (Å²) in [5.41, 5.74) is 0.891. The number of hydrogen-bond donors (Lipinski definition) is 2. The second kappa shape index (κ2) is 11.1. The monoisotopic (exact) mass is 472 g/mol. The number of benzene rings is 1. The molecule has 0 spiro atoms. The first kappa shape index (κ1) is 23.0. The Morgan fingerprint density at radius 3 is 2.67 bits per heavy atom. The van der Waals surface area contributed by atoms with Gasteiger partial charge in [0.1, 0.15) is 0 Å². The van der Waals surface area contributed by atoms with Gasteiger partial charge in [-0.1, -0.05) is 25.3 Å². The smallest absolute Gasteiger partial charge is 0.239 e. The topological polar surface area (TPSA) is 110 Å². The van der Waals surface area contributed by atoms with Crippen molar-refractivity contribution < 1.29 is 23.9 Å². The van der Waals surface area contributed by atoms with E-state index in [4.69, 9.17) is 9.47 Å². The van der Waals surface area contributed by atoms with E-state index < -0.39 is 0 Å². The zero-order chi connectivity index (χ0) is 23.0. The molecule has 3 amide bonds. The van der Waals surface area contributed by atoms with Gasteiger partial charge in [0.15, 0.2) is 16.6 Å². The highest BCUT2D eigenvalue weighted by Crippen LogP contribution is 2.32. The van der Waals surface area contributed by atoms with Crippen LogP contribution < -0.4 is 20.1 Å². The number of ether oxygens (including phenoxy) is 2. The molecule has 2 aromatic rings. The van der Waals surface area contributed by atoms with Crippen LogP contribution in [0, 0.1) is 0 Å². The van der Waals surface area contributed by atoms with Gasteiger partial charge in [-0.25, -0.2) is 4.98 Å². The molecule has 2 N–H and O–H groups in total. The maximum atomic E-state index is 13.0. The van der Waals surface area contributed by atoms with Crippen molar-refractivity contribution in [3.05, 3.63) is 35.3 Å². The van der Waals surface area contributed by atoms with Crippen LogP contribution in [0.4, 0.5) is 5.13 Å². The van der Waals surface area contributed by atoms with E-state index in [9.17, 15) is 14.4 Å². The van der Waals surface area contributed by atoms with Crippen LogP contribution in [0.25, 0.3) is 0 Å². The van der Waals surface area contributed by atoms with Gasteiger partial charge in [0, 0.05) is 37.0 Å². The third-order valence-electron chi connectivity index (χ3n) is 5.82. The molecule has 4 rings (SSSR count). The number of anilines is 1. The SMILES string of the molecule is O=C(CN(C(=O)CCC(=O)Nc1nccs1)C1CCCCC1)NCc1ccc2c(c1)OCO2. The summed E-state index contributed by atoms with van der Waals surface area (Å²) < 4.78 is 10.7. The number of carbonyl (C=O) groups is 3. The lowest BCUT2D eigenvalue weighted by atomic mass is 9.94. The third kappa shape index (κ3) is 6.44. The van der Waals surface area contributed by atoms with E-state index in [0.717, 1.165) is 37.7 Å². The summed E-state index contributed by atoms with van der Waals surface area (Å²) in [6, 6.07) is 5.56. The van der Waals surface area contributed by atoms with Gasteiger partial charge in [-0.05, 0) is 30.5 Å². The summed E-state index contributed by atoms with van der Waals surface area (Å²) in [4.78, 5) is 43.6. The summed E-state index contributed by atoms with van der Waals surface area (Å²) >= 11 is 1.33. The van der Waals surface area contributed by atoms with E-state index in [2.05, 4.69) is 15.6 Å². The van der Waals surface area contributed by atoms with Crippen LogP contribution >= 0.6 is 11.3 Å². The molecule has 1 aliphatic heterocycles. The first-order valence-corrected chi connectivity index (χ1v) is 12.1. The van der Waals surface area contributed by atoms with Gasteiger partial charge >= 0.3 is 0 Å². The molecule has 0 unspecified atom stereocenters. The second-order valence-corrected chi connectivity index (χ2v) is 9.06. The van der Waals surface area contributed by atoms with Crippen molar-refractivity contribution in [3.63, 3.8) is 0 Å². The fourth-order valence-electron chi connectivity index (χ4n) is 4.11. The summed E-state index contributed by atoms with van der Waals surface area (Å²) in [5, 5.41) is 7.87. The average Bonchev–Trinajstić information content (AvgIpc) is 3.52. The van der Waals surface area contributed by atoms with Gasteiger partial charge in [-0.15, -0.1) is 11.3 Å². The molecule has 176 valence electrons. The van der Waals surface area contributed by atoms with Gasteiger partial charge in [0.25, 0.3) is 0 Å². The van der Waals surface area contributed by atoms with Crippen LogP contribution in [-0.2, 0) is 20.9 Å². The van der Waals surface area contributed by atoms with Crippen LogP contribution in [0.1, 0.15) is 50.5 Å². The molecular weight excluding hydrogens is 444 g/mol. The van der Waals surface area contributed by atoms with Crippen molar-refractivity contribution in [2.45, 2.75) is 57.5 Å². The maximum absolute atomic E-state index is 13.0. The minimum Gasteiger partial charge on any atom is -0.454 e. The molecule has 9 nitrogen and oxygen atoms in total. The van der Waals surface area contributed by atoms with Crippen molar-refractivity contribution in [2.75, 3.05) is 18.7 Å². The number of aromatic nitrogens is 1. The molecule has 1 aliphatic carbocycles. The Kier molecular flexibility index (Phi) is 7.77. The quantitative estimate of drug-likeness (QED) is 0.581. The zero-order valence-electron chi connectivity index (χ0n) is 18.4. The lowest BCUT2D eigenvalue weighted by Crippen LogP contribution is -2.47. The van der Waals surface area contributed by atoms with E-state index >= 15 is 0 Å². The van der Waals surface area contributed by atoms with Crippen LogP contribution in [0.2, 0.25) is 0 Å². The van der Waals surface area contributed by atoms with Gasteiger partial charge in [-0.3, -0.25) is 14.4 Å². The molecule has 0 atom stereocenters. The third-order valence-corrected chi connectivity index (χ3v) is 6.51. The number of thiazole rings is 1. The van der Waals surface area contributed by atoms with Crippen molar-refractivity contribution in [1.82, 2.24) is 15.2 Å². The number of fused-ring (bicyclic) bond motifs is 1.